The zero-order valence-electron chi connectivity index (χ0n) is 18.3. The Hall–Kier alpha value is -3.35. The average Bonchev–Trinajstić information content (AvgIpc) is 3.21. The summed E-state index contributed by atoms with van der Waals surface area (Å²) in [5.41, 5.74) is 4.81. The van der Waals surface area contributed by atoms with Crippen molar-refractivity contribution in [3.8, 4) is 0 Å². The summed E-state index contributed by atoms with van der Waals surface area (Å²) in [7, 11) is 3.49. The van der Waals surface area contributed by atoms with E-state index in [2.05, 4.69) is 33.9 Å². The number of hydrogen-bond acceptors (Lipinski definition) is 3. The third-order valence-corrected chi connectivity index (χ3v) is 5.94. The van der Waals surface area contributed by atoms with Crippen molar-refractivity contribution in [1.29, 1.82) is 0 Å². The van der Waals surface area contributed by atoms with Crippen molar-refractivity contribution in [2.75, 3.05) is 27.2 Å². The minimum absolute atomic E-state index is 0.0126. The van der Waals surface area contributed by atoms with E-state index in [-0.39, 0.29) is 11.9 Å². The largest absolute Gasteiger partial charge is 0.345 e. The predicted octanol–water partition coefficient (Wildman–Crippen LogP) is 3.59. The lowest BCUT2D eigenvalue weighted by Gasteiger charge is -2.33. The van der Waals surface area contributed by atoms with Crippen molar-refractivity contribution in [3.63, 3.8) is 0 Å². The van der Waals surface area contributed by atoms with E-state index in [9.17, 15) is 9.59 Å². The lowest BCUT2D eigenvalue weighted by molar-refractivity contribution is 0.0827. The quantitative estimate of drug-likeness (QED) is 0.703. The molecule has 2 aromatic carbocycles. The van der Waals surface area contributed by atoms with Gasteiger partial charge >= 0.3 is 6.03 Å². The number of piperidine rings is 1. The zero-order chi connectivity index (χ0) is 22.0. The summed E-state index contributed by atoms with van der Waals surface area (Å²) in [4.78, 5) is 32.7. The van der Waals surface area contributed by atoms with Gasteiger partial charge < -0.3 is 19.7 Å². The summed E-state index contributed by atoms with van der Waals surface area (Å²) in [6, 6.07) is 14.2. The maximum Gasteiger partial charge on any atom is 0.317 e. The normalized spacial score (nSPS) is 14.6. The smallest absolute Gasteiger partial charge is 0.317 e. The van der Waals surface area contributed by atoms with Crippen LogP contribution in [0.5, 0.6) is 0 Å². The topological polar surface area (TPSA) is 70.5 Å². The van der Waals surface area contributed by atoms with Crippen LogP contribution >= 0.6 is 0 Å². The highest BCUT2D eigenvalue weighted by molar-refractivity contribution is 5.97. The molecule has 1 aliphatic heterocycles. The Morgan fingerprint density at radius 3 is 2.48 bits per heavy atom. The third kappa shape index (κ3) is 4.55. The molecule has 7 heteroatoms. The zero-order valence-corrected chi connectivity index (χ0v) is 18.3. The van der Waals surface area contributed by atoms with Gasteiger partial charge in [-0.05, 0) is 43.5 Å². The Morgan fingerprint density at radius 2 is 1.81 bits per heavy atom. The van der Waals surface area contributed by atoms with Gasteiger partial charge in [0.2, 0.25) is 0 Å². The lowest BCUT2D eigenvalue weighted by atomic mass is 10.0. The van der Waals surface area contributed by atoms with E-state index in [1.54, 1.807) is 19.0 Å². The maximum atomic E-state index is 12.6. The van der Waals surface area contributed by atoms with Gasteiger partial charge in [-0.2, -0.15) is 0 Å². The summed E-state index contributed by atoms with van der Waals surface area (Å²) in [5.74, 6) is -0.0265. The Morgan fingerprint density at radius 1 is 1.10 bits per heavy atom. The molecule has 162 valence electrons. The number of aryl methyl sites for hydroxylation is 1. The number of benzene rings is 2. The van der Waals surface area contributed by atoms with Crippen LogP contribution in [0, 0.1) is 6.92 Å². The van der Waals surface area contributed by atoms with Crippen LogP contribution in [-0.2, 0) is 6.54 Å². The van der Waals surface area contributed by atoms with E-state index in [1.807, 2.05) is 41.6 Å². The van der Waals surface area contributed by atoms with Crippen molar-refractivity contribution >= 4 is 23.0 Å². The molecule has 0 atom stereocenters. The SMILES string of the molecule is Cc1ccc(CNC(=O)N2CCC(n3cnc4cc(C(=O)N(C)C)ccc43)CC2)cc1. The maximum absolute atomic E-state index is 12.6. The van der Waals surface area contributed by atoms with Gasteiger partial charge in [-0.3, -0.25) is 4.79 Å². The summed E-state index contributed by atoms with van der Waals surface area (Å²) in [5, 5.41) is 3.03. The number of imidazole rings is 1. The molecule has 31 heavy (non-hydrogen) atoms. The van der Waals surface area contributed by atoms with Crippen molar-refractivity contribution < 1.29 is 9.59 Å². The van der Waals surface area contributed by atoms with Crippen LogP contribution < -0.4 is 5.32 Å². The molecule has 1 aromatic heterocycles. The number of fused-ring (bicyclic) bond motifs is 1. The number of likely N-dealkylation sites (tertiary alicyclic amines) is 1. The average molecular weight is 420 g/mol. The molecule has 1 fully saturated rings. The van der Waals surface area contributed by atoms with Crippen molar-refractivity contribution in [2.45, 2.75) is 32.4 Å². The first kappa shape index (κ1) is 20.9. The van der Waals surface area contributed by atoms with Crippen LogP contribution in [0.15, 0.2) is 48.8 Å². The van der Waals surface area contributed by atoms with E-state index >= 15 is 0 Å². The van der Waals surface area contributed by atoms with Crippen molar-refractivity contribution in [3.05, 3.63) is 65.5 Å². The Labute approximate surface area is 182 Å². The van der Waals surface area contributed by atoms with Gasteiger partial charge in [0.05, 0.1) is 17.4 Å². The molecule has 0 unspecified atom stereocenters. The first-order chi connectivity index (χ1) is 14.9. The van der Waals surface area contributed by atoms with Gasteiger partial charge in [-0.25, -0.2) is 9.78 Å². The fourth-order valence-electron chi connectivity index (χ4n) is 4.06. The van der Waals surface area contributed by atoms with Crippen LogP contribution in [0.2, 0.25) is 0 Å². The van der Waals surface area contributed by atoms with Crippen LogP contribution in [0.25, 0.3) is 11.0 Å². The van der Waals surface area contributed by atoms with Gasteiger partial charge in [0.15, 0.2) is 0 Å². The number of carbonyl (C=O) groups is 2. The molecular formula is C24H29N5O2. The van der Waals surface area contributed by atoms with Crippen LogP contribution in [0.3, 0.4) is 0 Å². The number of urea groups is 1. The molecule has 7 nitrogen and oxygen atoms in total. The minimum Gasteiger partial charge on any atom is -0.345 e. The highest BCUT2D eigenvalue weighted by Crippen LogP contribution is 2.27. The van der Waals surface area contributed by atoms with E-state index in [0.717, 1.165) is 29.4 Å². The Balaban J connectivity index is 1.36. The van der Waals surface area contributed by atoms with Gasteiger partial charge in [-0.15, -0.1) is 0 Å². The van der Waals surface area contributed by atoms with Crippen molar-refractivity contribution in [1.82, 2.24) is 24.7 Å². The molecular weight excluding hydrogens is 390 g/mol. The third-order valence-electron chi connectivity index (χ3n) is 5.94. The summed E-state index contributed by atoms with van der Waals surface area (Å²) in [6.45, 7) is 4.01. The molecule has 0 saturated carbocycles. The standard InChI is InChI=1S/C24H29N5O2/c1-17-4-6-18(7-5-17)15-25-24(31)28-12-10-20(11-13-28)29-16-26-21-14-19(8-9-22(21)29)23(30)27(2)3/h4-9,14,16,20H,10-13,15H2,1-3H3,(H,25,31). The first-order valence-electron chi connectivity index (χ1n) is 10.7. The number of rotatable bonds is 4. The highest BCUT2D eigenvalue weighted by Gasteiger charge is 2.25. The van der Waals surface area contributed by atoms with Crippen LogP contribution in [-0.4, -0.2) is 58.5 Å². The van der Waals surface area contributed by atoms with Gasteiger partial charge in [0.25, 0.3) is 5.91 Å². The lowest BCUT2D eigenvalue weighted by Crippen LogP contribution is -2.44. The second-order valence-electron chi connectivity index (χ2n) is 8.42. The number of nitrogens with zero attached hydrogens (tertiary/aromatic N) is 4. The van der Waals surface area contributed by atoms with Gasteiger partial charge in [0.1, 0.15) is 0 Å². The van der Waals surface area contributed by atoms with Crippen LogP contribution in [0.1, 0.15) is 40.4 Å². The molecule has 1 N–H and O–H groups in total. The number of amides is 3. The number of aromatic nitrogens is 2. The molecule has 0 spiro atoms. The monoisotopic (exact) mass is 419 g/mol. The fraction of sp³-hybridized carbons (Fsp3) is 0.375. The fourth-order valence-corrected chi connectivity index (χ4v) is 4.06. The molecule has 3 amide bonds. The number of nitrogens with one attached hydrogen (secondary N) is 1. The summed E-state index contributed by atoms with van der Waals surface area (Å²) >= 11 is 0. The van der Waals surface area contributed by atoms with E-state index in [1.165, 1.54) is 5.56 Å². The highest BCUT2D eigenvalue weighted by atomic mass is 16.2. The van der Waals surface area contributed by atoms with E-state index in [4.69, 9.17) is 0 Å². The summed E-state index contributed by atoms with van der Waals surface area (Å²) < 4.78 is 2.18. The minimum atomic E-state index is -0.0265. The Kier molecular flexibility index (Phi) is 5.93. The molecule has 0 bridgehead atoms. The molecule has 1 saturated heterocycles. The molecule has 2 heterocycles. The molecule has 1 aliphatic rings. The van der Waals surface area contributed by atoms with E-state index in [0.29, 0.717) is 31.2 Å². The van der Waals surface area contributed by atoms with Crippen molar-refractivity contribution in [2.24, 2.45) is 0 Å². The molecule has 3 aromatic rings. The predicted molar refractivity (Wildman–Crippen MR) is 121 cm³/mol. The second-order valence-corrected chi connectivity index (χ2v) is 8.42. The number of carbonyl (C=O) groups excluding carboxylic acids is 2. The number of hydrogen-bond donors (Lipinski definition) is 1. The van der Waals surface area contributed by atoms with Gasteiger partial charge in [-0.1, -0.05) is 29.8 Å². The first-order valence-corrected chi connectivity index (χ1v) is 10.7. The second kappa shape index (κ2) is 8.79. The summed E-state index contributed by atoms with van der Waals surface area (Å²) in [6.07, 6.45) is 3.61. The van der Waals surface area contributed by atoms with Gasteiger partial charge in [0, 0.05) is 45.3 Å². The Bertz CT molecular complexity index is 1080. The molecule has 0 aliphatic carbocycles. The van der Waals surface area contributed by atoms with E-state index < -0.39 is 0 Å². The molecule has 4 rings (SSSR count). The van der Waals surface area contributed by atoms with Crippen LogP contribution in [0.4, 0.5) is 4.79 Å². The molecule has 0 radical (unpaired) electrons.